The zero-order valence-corrected chi connectivity index (χ0v) is 9.88. The van der Waals surface area contributed by atoms with Crippen LogP contribution in [0.3, 0.4) is 0 Å². The van der Waals surface area contributed by atoms with E-state index < -0.39 is 29.9 Å². The maximum Gasteiger partial charge on any atom is 0.416 e. The average molecular weight is 261 g/mol. The van der Waals surface area contributed by atoms with Crippen LogP contribution in [0.25, 0.3) is 0 Å². The molecule has 2 heterocycles. The number of rotatable bonds is 4. The molecule has 2 bridgehead atoms. The highest BCUT2D eigenvalue weighted by molar-refractivity contribution is 5.97. The molecule has 0 aliphatic carbocycles. The number of carbonyl (C=O) groups excluding carboxylic acids is 1. The second kappa shape index (κ2) is 4.76. The molecule has 3 nitrogen and oxygen atoms in total. The van der Waals surface area contributed by atoms with Crippen molar-refractivity contribution in [3.8, 4) is 0 Å². The molecule has 0 saturated heterocycles. The molecule has 0 saturated carbocycles. The molecular formula is C12H14F3NO2. The number of halogens is 3. The van der Waals surface area contributed by atoms with Crippen LogP contribution in [0, 0.1) is 0 Å². The maximum atomic E-state index is 12.9. The summed E-state index contributed by atoms with van der Waals surface area (Å²) in [7, 11) is 0. The fourth-order valence-electron chi connectivity index (χ4n) is 2.13. The van der Waals surface area contributed by atoms with E-state index >= 15 is 0 Å². The van der Waals surface area contributed by atoms with E-state index in [0.29, 0.717) is 6.54 Å². The molecule has 0 aromatic rings. The molecule has 0 radical (unpaired) electrons. The molecule has 0 aromatic carbocycles. The molecule has 100 valence electrons. The molecule has 2 atom stereocenters. The zero-order chi connectivity index (χ0) is 13.3. The molecule has 2 rings (SSSR count). The van der Waals surface area contributed by atoms with Crippen molar-refractivity contribution in [3.05, 3.63) is 23.3 Å². The number of hydrogen-bond donors (Lipinski definition) is 1. The van der Waals surface area contributed by atoms with Crippen LogP contribution in [0.2, 0.25) is 0 Å². The Kier molecular flexibility index (Phi) is 3.47. The lowest BCUT2D eigenvalue weighted by molar-refractivity contribution is -0.119. The number of ether oxygens (including phenoxy) is 1. The van der Waals surface area contributed by atoms with Crippen molar-refractivity contribution in [2.45, 2.75) is 38.1 Å². The van der Waals surface area contributed by atoms with Gasteiger partial charge in [-0.3, -0.25) is 4.79 Å². The first-order valence-electron chi connectivity index (χ1n) is 5.88. The largest absolute Gasteiger partial charge is 0.416 e. The first kappa shape index (κ1) is 13.1. The zero-order valence-electron chi connectivity index (χ0n) is 9.88. The average Bonchev–Trinajstić information content (AvgIpc) is 2.87. The van der Waals surface area contributed by atoms with E-state index in [2.05, 4.69) is 5.32 Å². The quantitative estimate of drug-likeness (QED) is 0.621. The SMILES string of the molecule is CCCCNC(=O)C1=C(C(F)(F)F)C2C=CC1O2. The van der Waals surface area contributed by atoms with Crippen molar-refractivity contribution in [1.82, 2.24) is 5.32 Å². The fraction of sp³-hybridized carbons (Fsp3) is 0.583. The Labute approximate surface area is 103 Å². The number of nitrogens with one attached hydrogen (secondary N) is 1. The van der Waals surface area contributed by atoms with E-state index in [1.807, 2.05) is 6.92 Å². The minimum Gasteiger partial charge on any atom is -0.357 e. The second-order valence-corrected chi connectivity index (χ2v) is 4.30. The number of hydrogen-bond acceptors (Lipinski definition) is 2. The monoisotopic (exact) mass is 261 g/mol. The summed E-state index contributed by atoms with van der Waals surface area (Å²) in [6, 6.07) is 0. The first-order chi connectivity index (χ1) is 8.45. The maximum absolute atomic E-state index is 12.9. The van der Waals surface area contributed by atoms with Crippen LogP contribution in [-0.4, -0.2) is 30.8 Å². The van der Waals surface area contributed by atoms with Gasteiger partial charge in [-0.15, -0.1) is 0 Å². The van der Waals surface area contributed by atoms with Crippen LogP contribution in [0.4, 0.5) is 13.2 Å². The van der Waals surface area contributed by atoms with Crippen molar-refractivity contribution in [3.63, 3.8) is 0 Å². The van der Waals surface area contributed by atoms with Gasteiger partial charge in [0, 0.05) is 6.54 Å². The molecule has 0 fully saturated rings. The third-order valence-electron chi connectivity index (χ3n) is 2.98. The summed E-state index contributed by atoms with van der Waals surface area (Å²) in [6.07, 6.45) is -2.05. The highest BCUT2D eigenvalue weighted by Crippen LogP contribution is 2.43. The summed E-state index contributed by atoms with van der Waals surface area (Å²) in [4.78, 5) is 11.8. The van der Waals surface area contributed by atoms with Gasteiger partial charge in [0.2, 0.25) is 0 Å². The van der Waals surface area contributed by atoms with Crippen molar-refractivity contribution in [2.75, 3.05) is 6.54 Å². The first-order valence-corrected chi connectivity index (χ1v) is 5.88. The Bertz CT molecular complexity index is 412. The number of unbranched alkanes of at least 4 members (excludes halogenated alkanes) is 1. The number of alkyl halides is 3. The second-order valence-electron chi connectivity index (χ2n) is 4.30. The van der Waals surface area contributed by atoms with Gasteiger partial charge in [0.05, 0.1) is 11.1 Å². The van der Waals surface area contributed by atoms with Gasteiger partial charge in [0.1, 0.15) is 12.2 Å². The lowest BCUT2D eigenvalue weighted by Gasteiger charge is -2.15. The summed E-state index contributed by atoms with van der Waals surface area (Å²) in [6.45, 7) is 2.32. The molecule has 0 aromatic heterocycles. The Morgan fingerprint density at radius 1 is 1.39 bits per heavy atom. The molecule has 0 spiro atoms. The van der Waals surface area contributed by atoms with Gasteiger partial charge < -0.3 is 10.1 Å². The van der Waals surface area contributed by atoms with Gasteiger partial charge in [-0.05, 0) is 6.42 Å². The van der Waals surface area contributed by atoms with Gasteiger partial charge in [-0.1, -0.05) is 25.5 Å². The van der Waals surface area contributed by atoms with Gasteiger partial charge in [-0.2, -0.15) is 13.2 Å². The fourth-order valence-corrected chi connectivity index (χ4v) is 2.13. The predicted molar refractivity (Wildman–Crippen MR) is 58.8 cm³/mol. The lowest BCUT2D eigenvalue weighted by atomic mass is 9.96. The van der Waals surface area contributed by atoms with Gasteiger partial charge in [-0.25, -0.2) is 0 Å². The topological polar surface area (TPSA) is 38.3 Å². The van der Waals surface area contributed by atoms with Crippen LogP contribution in [0.15, 0.2) is 23.3 Å². The van der Waals surface area contributed by atoms with Crippen LogP contribution in [0.1, 0.15) is 19.8 Å². The van der Waals surface area contributed by atoms with Gasteiger partial charge in [0.15, 0.2) is 0 Å². The van der Waals surface area contributed by atoms with Crippen LogP contribution in [0.5, 0.6) is 0 Å². The van der Waals surface area contributed by atoms with Crippen molar-refractivity contribution in [1.29, 1.82) is 0 Å². The van der Waals surface area contributed by atoms with E-state index in [1.165, 1.54) is 12.2 Å². The molecular weight excluding hydrogens is 247 g/mol. The Balaban J connectivity index is 2.17. The van der Waals surface area contributed by atoms with Crippen LogP contribution >= 0.6 is 0 Å². The van der Waals surface area contributed by atoms with Crippen LogP contribution in [-0.2, 0) is 9.53 Å². The van der Waals surface area contributed by atoms with E-state index in [1.54, 1.807) is 0 Å². The minimum absolute atomic E-state index is 0.286. The lowest BCUT2D eigenvalue weighted by Crippen LogP contribution is -2.32. The summed E-state index contributed by atoms with van der Waals surface area (Å²) in [5, 5.41) is 2.50. The van der Waals surface area contributed by atoms with E-state index in [0.717, 1.165) is 12.8 Å². The van der Waals surface area contributed by atoms with Crippen molar-refractivity contribution < 1.29 is 22.7 Å². The normalized spacial score (nSPS) is 26.0. The summed E-state index contributed by atoms with van der Waals surface area (Å²) in [5.41, 5.74) is -1.14. The van der Waals surface area contributed by atoms with Gasteiger partial charge >= 0.3 is 6.18 Å². The summed E-state index contributed by atoms with van der Waals surface area (Å²) in [5.74, 6) is -0.673. The third-order valence-corrected chi connectivity index (χ3v) is 2.98. The number of fused-ring (bicyclic) bond motifs is 2. The highest BCUT2D eigenvalue weighted by Gasteiger charge is 2.51. The minimum atomic E-state index is -4.53. The number of amides is 1. The van der Waals surface area contributed by atoms with Crippen LogP contribution < -0.4 is 5.32 Å². The molecule has 6 heteroatoms. The van der Waals surface area contributed by atoms with E-state index in [-0.39, 0.29) is 5.57 Å². The van der Waals surface area contributed by atoms with E-state index in [4.69, 9.17) is 4.74 Å². The van der Waals surface area contributed by atoms with Gasteiger partial charge in [0.25, 0.3) is 5.91 Å². The standard InChI is InChI=1S/C12H14F3NO2/c1-2-3-6-16-11(17)9-7-4-5-8(18-7)10(9)12(13,14)15/h4-5,7-8H,2-3,6H2,1H3,(H,16,17). The molecule has 2 aliphatic rings. The van der Waals surface area contributed by atoms with Crippen molar-refractivity contribution in [2.24, 2.45) is 0 Å². The Morgan fingerprint density at radius 3 is 2.67 bits per heavy atom. The molecule has 18 heavy (non-hydrogen) atoms. The Hall–Kier alpha value is -1.30. The molecule has 1 N–H and O–H groups in total. The van der Waals surface area contributed by atoms with E-state index in [9.17, 15) is 18.0 Å². The molecule has 1 amide bonds. The molecule has 2 unspecified atom stereocenters. The highest BCUT2D eigenvalue weighted by atomic mass is 19.4. The smallest absolute Gasteiger partial charge is 0.357 e. The third kappa shape index (κ3) is 2.29. The Morgan fingerprint density at radius 2 is 2.06 bits per heavy atom. The molecule has 2 aliphatic heterocycles. The summed E-state index contributed by atoms with van der Waals surface area (Å²) < 4.78 is 43.7. The predicted octanol–water partition coefficient (Wildman–Crippen LogP) is 2.10. The van der Waals surface area contributed by atoms with Crippen molar-refractivity contribution >= 4 is 5.91 Å². The summed E-state index contributed by atoms with van der Waals surface area (Å²) >= 11 is 0. The number of carbonyl (C=O) groups is 1.